The number of carbonyl (C=O) groups is 1. The van der Waals surface area contributed by atoms with Crippen molar-refractivity contribution in [3.8, 4) is 0 Å². The van der Waals surface area contributed by atoms with Crippen LogP contribution in [0.3, 0.4) is 0 Å². The lowest BCUT2D eigenvalue weighted by molar-refractivity contribution is -0.123. The van der Waals surface area contributed by atoms with Gasteiger partial charge in [-0.1, -0.05) is 25.4 Å². The fourth-order valence-electron chi connectivity index (χ4n) is 4.49. The predicted octanol–water partition coefficient (Wildman–Crippen LogP) is 6.22. The summed E-state index contributed by atoms with van der Waals surface area (Å²) in [7, 11) is 0. The number of benzene rings is 1. The zero-order valence-electron chi connectivity index (χ0n) is 16.9. The zero-order chi connectivity index (χ0) is 20.4. The summed E-state index contributed by atoms with van der Waals surface area (Å²) in [6.45, 7) is 4.30. The van der Waals surface area contributed by atoms with E-state index < -0.39 is 0 Å². The van der Waals surface area contributed by atoms with Crippen LogP contribution in [-0.4, -0.2) is 15.9 Å². The Morgan fingerprint density at radius 3 is 2.59 bits per heavy atom. The number of amides is 1. The van der Waals surface area contributed by atoms with Gasteiger partial charge in [0.2, 0.25) is 5.91 Å². The molecule has 1 fully saturated rings. The Morgan fingerprint density at radius 2 is 1.86 bits per heavy atom. The van der Waals surface area contributed by atoms with Crippen LogP contribution in [-0.2, 0) is 4.79 Å². The van der Waals surface area contributed by atoms with Gasteiger partial charge in [-0.3, -0.25) is 14.8 Å². The Labute approximate surface area is 176 Å². The molecule has 1 aliphatic carbocycles. The van der Waals surface area contributed by atoms with E-state index in [9.17, 15) is 4.79 Å². The molecule has 0 radical (unpaired) electrons. The monoisotopic (exact) mass is 407 g/mol. The van der Waals surface area contributed by atoms with Crippen molar-refractivity contribution in [3.05, 3.63) is 65.6 Å². The van der Waals surface area contributed by atoms with E-state index in [2.05, 4.69) is 35.2 Å². The molecular weight excluding hydrogens is 382 g/mol. The molecule has 0 saturated heterocycles. The minimum atomic E-state index is -0.0602. The minimum Gasteiger partial charge on any atom is -0.326 e. The third kappa shape index (κ3) is 4.13. The van der Waals surface area contributed by atoms with Crippen molar-refractivity contribution in [1.82, 2.24) is 9.97 Å². The molecule has 3 aromatic rings. The molecule has 1 aromatic carbocycles. The summed E-state index contributed by atoms with van der Waals surface area (Å²) in [5.41, 5.74) is 3.12. The highest BCUT2D eigenvalue weighted by molar-refractivity contribution is 6.30. The van der Waals surface area contributed by atoms with Crippen molar-refractivity contribution in [2.75, 3.05) is 5.32 Å². The van der Waals surface area contributed by atoms with Gasteiger partial charge in [0.05, 0.1) is 5.52 Å². The number of nitrogens with one attached hydrogen (secondary N) is 1. The highest BCUT2D eigenvalue weighted by atomic mass is 35.5. The smallest absolute Gasteiger partial charge is 0.227 e. The molecule has 1 atom stereocenters. The molecule has 0 bridgehead atoms. The summed E-state index contributed by atoms with van der Waals surface area (Å²) < 4.78 is 0. The molecule has 5 heteroatoms. The Hall–Kier alpha value is -2.46. The molecule has 4 nitrogen and oxygen atoms in total. The zero-order valence-corrected chi connectivity index (χ0v) is 17.6. The molecule has 1 aliphatic rings. The Bertz CT molecular complexity index is 1000. The van der Waals surface area contributed by atoms with Crippen molar-refractivity contribution in [3.63, 3.8) is 0 Å². The van der Waals surface area contributed by atoms with Gasteiger partial charge in [-0.15, -0.1) is 0 Å². The molecule has 1 unspecified atom stereocenters. The third-order valence-electron chi connectivity index (χ3n) is 6.69. The maximum absolute atomic E-state index is 12.9. The van der Waals surface area contributed by atoms with Crippen molar-refractivity contribution in [1.29, 1.82) is 0 Å². The highest BCUT2D eigenvalue weighted by Gasteiger charge is 2.39. The van der Waals surface area contributed by atoms with E-state index in [4.69, 9.17) is 11.6 Å². The van der Waals surface area contributed by atoms with Crippen LogP contribution in [0, 0.1) is 11.3 Å². The van der Waals surface area contributed by atoms with Gasteiger partial charge in [-0.05, 0) is 79.0 Å². The number of pyridine rings is 2. The maximum Gasteiger partial charge on any atom is 0.227 e. The predicted molar refractivity (Wildman–Crippen MR) is 118 cm³/mol. The molecule has 2 aromatic heterocycles. The quantitative estimate of drug-likeness (QED) is 0.558. The second-order valence-electron chi connectivity index (χ2n) is 8.44. The first kappa shape index (κ1) is 19.8. The summed E-state index contributed by atoms with van der Waals surface area (Å²) in [5, 5.41) is 4.86. The van der Waals surface area contributed by atoms with Crippen LogP contribution in [0.5, 0.6) is 0 Å². The molecule has 2 heterocycles. The van der Waals surface area contributed by atoms with E-state index >= 15 is 0 Å². The van der Waals surface area contributed by atoms with Crippen LogP contribution in [0.15, 0.2) is 55.0 Å². The van der Waals surface area contributed by atoms with Gasteiger partial charge in [-0.25, -0.2) is 0 Å². The fourth-order valence-corrected chi connectivity index (χ4v) is 4.61. The van der Waals surface area contributed by atoms with Gasteiger partial charge >= 0.3 is 0 Å². The lowest BCUT2D eigenvalue weighted by Crippen LogP contribution is -2.37. The van der Waals surface area contributed by atoms with Crippen molar-refractivity contribution < 1.29 is 4.79 Å². The number of anilines is 1. The Balaban J connectivity index is 1.44. The number of hydrogen-bond donors (Lipinski definition) is 1. The lowest BCUT2D eigenvalue weighted by atomic mass is 9.64. The Morgan fingerprint density at radius 1 is 1.14 bits per heavy atom. The van der Waals surface area contributed by atoms with Gasteiger partial charge in [0.25, 0.3) is 0 Å². The first-order valence-electron chi connectivity index (χ1n) is 10.2. The number of aromatic nitrogens is 2. The second-order valence-corrected chi connectivity index (χ2v) is 8.88. The molecule has 0 spiro atoms. The molecule has 0 aliphatic heterocycles. The summed E-state index contributed by atoms with van der Waals surface area (Å²) >= 11 is 5.93. The fraction of sp³-hybridized carbons (Fsp3) is 0.375. The van der Waals surface area contributed by atoms with Crippen LogP contribution in [0.25, 0.3) is 10.9 Å². The van der Waals surface area contributed by atoms with Gasteiger partial charge in [-0.2, -0.15) is 0 Å². The van der Waals surface area contributed by atoms with Crippen molar-refractivity contribution >= 4 is 34.1 Å². The summed E-state index contributed by atoms with van der Waals surface area (Å²) in [6.07, 6.45) is 9.80. The number of rotatable bonds is 4. The second kappa shape index (κ2) is 8.11. The largest absolute Gasteiger partial charge is 0.326 e. The van der Waals surface area contributed by atoms with E-state index in [1.807, 2.05) is 30.6 Å². The number of nitrogens with zero attached hydrogens (tertiary/aromatic N) is 2. The molecule has 1 amide bonds. The highest BCUT2D eigenvalue weighted by Crippen LogP contribution is 2.48. The number of hydrogen-bond acceptors (Lipinski definition) is 3. The number of carbonyl (C=O) groups excluding carboxylic acids is 1. The van der Waals surface area contributed by atoms with Crippen molar-refractivity contribution in [2.24, 2.45) is 11.3 Å². The average molecular weight is 408 g/mol. The minimum absolute atomic E-state index is 0.00586. The average Bonchev–Trinajstić information content (AvgIpc) is 2.75. The molecule has 150 valence electrons. The first-order valence-corrected chi connectivity index (χ1v) is 10.6. The number of halogens is 1. The van der Waals surface area contributed by atoms with E-state index in [1.54, 1.807) is 18.3 Å². The SMILES string of the molecule is CC(C(=O)Nc1ccc(Cl)cc1)[C@]1(C)CC[C@H](c2ccnc3ccncc32)CC1. The summed E-state index contributed by atoms with van der Waals surface area (Å²) in [6, 6.07) is 11.4. The maximum atomic E-state index is 12.9. The topological polar surface area (TPSA) is 54.9 Å². The molecule has 4 rings (SSSR count). The third-order valence-corrected chi connectivity index (χ3v) is 6.95. The van der Waals surface area contributed by atoms with Crippen LogP contribution in [0.4, 0.5) is 5.69 Å². The van der Waals surface area contributed by atoms with E-state index in [1.165, 1.54) is 5.56 Å². The Kier molecular flexibility index (Phi) is 5.55. The van der Waals surface area contributed by atoms with Crippen molar-refractivity contribution in [2.45, 2.75) is 45.4 Å². The molecule has 1 N–H and O–H groups in total. The van der Waals surface area contributed by atoms with Crippen LogP contribution >= 0.6 is 11.6 Å². The molecule has 1 saturated carbocycles. The lowest BCUT2D eigenvalue weighted by Gasteiger charge is -2.41. The number of fused-ring (bicyclic) bond motifs is 1. The first-order chi connectivity index (χ1) is 14.0. The van der Waals surface area contributed by atoms with Gasteiger partial charge in [0, 0.05) is 40.6 Å². The summed E-state index contributed by atoms with van der Waals surface area (Å²) in [5.74, 6) is 0.506. The van der Waals surface area contributed by atoms with Crippen LogP contribution < -0.4 is 5.32 Å². The van der Waals surface area contributed by atoms with Gasteiger partial charge < -0.3 is 5.32 Å². The standard InChI is InChI=1S/C24H26ClN3O/c1-16(23(29)28-19-5-3-18(25)4-6-19)24(2)11-7-17(8-12-24)20-9-14-27-22-10-13-26-15-21(20)22/h3-6,9-10,13-17H,7-8,11-12H2,1-2H3,(H,28,29)/t16?,17-,24+. The van der Waals surface area contributed by atoms with Gasteiger partial charge in [0.1, 0.15) is 0 Å². The van der Waals surface area contributed by atoms with Gasteiger partial charge in [0.15, 0.2) is 0 Å². The molecular formula is C24H26ClN3O. The van der Waals surface area contributed by atoms with E-state index in [-0.39, 0.29) is 17.2 Å². The summed E-state index contributed by atoms with van der Waals surface area (Å²) in [4.78, 5) is 21.6. The van der Waals surface area contributed by atoms with E-state index in [0.29, 0.717) is 10.9 Å². The molecule has 29 heavy (non-hydrogen) atoms. The van der Waals surface area contributed by atoms with Crippen LogP contribution in [0.1, 0.15) is 51.0 Å². The van der Waals surface area contributed by atoms with E-state index in [0.717, 1.165) is 42.3 Å². The van der Waals surface area contributed by atoms with Crippen LogP contribution in [0.2, 0.25) is 5.02 Å². The normalized spacial score (nSPS) is 22.9.